The van der Waals surface area contributed by atoms with Crippen molar-refractivity contribution in [3.05, 3.63) is 0 Å². The third-order valence-corrected chi connectivity index (χ3v) is 3.01. The van der Waals surface area contributed by atoms with Gasteiger partial charge in [-0.25, -0.2) is 0 Å². The van der Waals surface area contributed by atoms with Gasteiger partial charge >= 0.3 is 0 Å². The zero-order chi connectivity index (χ0) is 11.8. The summed E-state index contributed by atoms with van der Waals surface area (Å²) in [6.07, 6.45) is 2.69. The molecule has 1 N–H and O–H groups in total. The highest BCUT2D eigenvalue weighted by molar-refractivity contribution is 5.81. The van der Waals surface area contributed by atoms with Gasteiger partial charge in [-0.1, -0.05) is 33.6 Å². The Bertz CT molecular complexity index is 228. The van der Waals surface area contributed by atoms with Crippen LogP contribution in [0, 0.1) is 23.2 Å². The molecule has 0 saturated heterocycles. The Kier molecular flexibility index (Phi) is 6.77. The van der Waals surface area contributed by atoms with Gasteiger partial charge in [-0.05, 0) is 19.3 Å². The maximum Gasteiger partial charge on any atom is 0.237 e. The van der Waals surface area contributed by atoms with Crippen molar-refractivity contribution in [3.63, 3.8) is 0 Å². The molecular formula is C12H22N2O. The minimum absolute atomic E-state index is 0.126. The van der Waals surface area contributed by atoms with Crippen LogP contribution in [0.3, 0.4) is 0 Å². The average Bonchev–Trinajstić information content (AvgIpc) is 2.21. The van der Waals surface area contributed by atoms with Crippen LogP contribution in [0.2, 0.25) is 0 Å². The number of hydrogen-bond donors (Lipinski definition) is 1. The number of rotatable bonds is 6. The van der Waals surface area contributed by atoms with Crippen molar-refractivity contribution in [3.8, 4) is 6.07 Å². The van der Waals surface area contributed by atoms with E-state index in [0.29, 0.717) is 12.3 Å². The Morgan fingerprint density at radius 3 is 2.13 bits per heavy atom. The first-order valence-electron chi connectivity index (χ1n) is 5.80. The van der Waals surface area contributed by atoms with Gasteiger partial charge in [-0.15, -0.1) is 0 Å². The predicted octanol–water partition coefficient (Wildman–Crippen LogP) is 2.48. The van der Waals surface area contributed by atoms with E-state index < -0.39 is 5.92 Å². The van der Waals surface area contributed by atoms with Crippen LogP contribution in [0.4, 0.5) is 0 Å². The van der Waals surface area contributed by atoms with Gasteiger partial charge in [0.2, 0.25) is 5.91 Å². The highest BCUT2D eigenvalue weighted by atomic mass is 16.1. The third-order valence-electron chi connectivity index (χ3n) is 3.01. The van der Waals surface area contributed by atoms with Crippen LogP contribution in [-0.4, -0.2) is 11.9 Å². The molecule has 2 atom stereocenters. The summed E-state index contributed by atoms with van der Waals surface area (Å²) in [6, 6.07) is 2.18. The first-order valence-corrected chi connectivity index (χ1v) is 5.80. The molecule has 86 valence electrons. The zero-order valence-corrected chi connectivity index (χ0v) is 10.2. The molecule has 0 heterocycles. The molecule has 3 heteroatoms. The fourth-order valence-corrected chi connectivity index (χ4v) is 1.77. The molecule has 3 nitrogen and oxygen atoms in total. The molecule has 2 unspecified atom stereocenters. The molecule has 0 bridgehead atoms. The molecule has 0 rings (SSSR count). The van der Waals surface area contributed by atoms with Crippen LogP contribution in [0.15, 0.2) is 0 Å². The van der Waals surface area contributed by atoms with Crippen LogP contribution < -0.4 is 5.32 Å². The number of nitriles is 1. The lowest BCUT2D eigenvalue weighted by molar-refractivity contribution is -0.124. The fourth-order valence-electron chi connectivity index (χ4n) is 1.77. The van der Waals surface area contributed by atoms with Crippen LogP contribution in [-0.2, 0) is 4.79 Å². The van der Waals surface area contributed by atoms with Gasteiger partial charge in [0, 0.05) is 6.04 Å². The van der Waals surface area contributed by atoms with E-state index in [9.17, 15) is 4.79 Å². The molecule has 0 aliphatic rings. The van der Waals surface area contributed by atoms with Crippen LogP contribution >= 0.6 is 0 Å². The van der Waals surface area contributed by atoms with Crippen molar-refractivity contribution in [2.24, 2.45) is 11.8 Å². The van der Waals surface area contributed by atoms with E-state index in [1.54, 1.807) is 0 Å². The molecule has 1 amide bonds. The highest BCUT2D eigenvalue weighted by Gasteiger charge is 2.20. The van der Waals surface area contributed by atoms with E-state index in [1.165, 1.54) is 0 Å². The monoisotopic (exact) mass is 210 g/mol. The van der Waals surface area contributed by atoms with Gasteiger partial charge < -0.3 is 5.32 Å². The van der Waals surface area contributed by atoms with Crippen LogP contribution in [0.1, 0.15) is 47.0 Å². The molecule has 0 radical (unpaired) electrons. The van der Waals surface area contributed by atoms with Crippen molar-refractivity contribution in [1.29, 1.82) is 5.26 Å². The van der Waals surface area contributed by atoms with Crippen molar-refractivity contribution in [1.82, 2.24) is 5.32 Å². The molecule has 0 aliphatic carbocycles. The van der Waals surface area contributed by atoms with Crippen molar-refractivity contribution < 1.29 is 4.79 Å². The van der Waals surface area contributed by atoms with Gasteiger partial charge in [-0.3, -0.25) is 4.79 Å². The SMILES string of the molecule is CCC(C#N)C(=O)NC(C)C(CC)CC. The Labute approximate surface area is 92.9 Å². The summed E-state index contributed by atoms with van der Waals surface area (Å²) in [4.78, 5) is 11.6. The number of carbonyl (C=O) groups excluding carboxylic acids is 1. The summed E-state index contributed by atoms with van der Waals surface area (Å²) in [5.74, 6) is -0.119. The standard InChI is InChI=1S/C12H22N2O/c1-5-10(6-2)9(4)14-12(15)11(7-3)8-13/h9-11H,5-7H2,1-4H3,(H,14,15). The maximum atomic E-state index is 11.6. The summed E-state index contributed by atoms with van der Waals surface area (Å²) in [5.41, 5.74) is 0. The Morgan fingerprint density at radius 2 is 1.80 bits per heavy atom. The van der Waals surface area contributed by atoms with Crippen LogP contribution in [0.5, 0.6) is 0 Å². The Morgan fingerprint density at radius 1 is 1.27 bits per heavy atom. The third kappa shape index (κ3) is 4.33. The normalized spacial score (nSPS) is 14.4. The van der Waals surface area contributed by atoms with Gasteiger partial charge in [0.25, 0.3) is 0 Å². The van der Waals surface area contributed by atoms with Crippen molar-refractivity contribution >= 4 is 5.91 Å². The molecule has 0 aromatic carbocycles. The fraction of sp³-hybridized carbons (Fsp3) is 0.833. The molecule has 15 heavy (non-hydrogen) atoms. The molecule has 0 aromatic rings. The summed E-state index contributed by atoms with van der Waals surface area (Å²) >= 11 is 0. The van der Waals surface area contributed by atoms with E-state index in [-0.39, 0.29) is 11.9 Å². The topological polar surface area (TPSA) is 52.9 Å². The van der Waals surface area contributed by atoms with Gasteiger partial charge in [-0.2, -0.15) is 5.26 Å². The van der Waals surface area contributed by atoms with Gasteiger partial charge in [0.15, 0.2) is 0 Å². The Balaban J connectivity index is 4.22. The van der Waals surface area contributed by atoms with Gasteiger partial charge in [0.1, 0.15) is 5.92 Å². The molecule has 0 spiro atoms. The maximum absolute atomic E-state index is 11.6. The lowest BCUT2D eigenvalue weighted by Gasteiger charge is -2.23. The second-order valence-electron chi connectivity index (χ2n) is 3.96. The predicted molar refractivity (Wildman–Crippen MR) is 61.1 cm³/mol. The number of nitrogens with zero attached hydrogens (tertiary/aromatic N) is 1. The second kappa shape index (κ2) is 7.28. The summed E-state index contributed by atoms with van der Waals surface area (Å²) in [5, 5.41) is 11.7. The van der Waals surface area contributed by atoms with Crippen molar-refractivity contribution in [2.75, 3.05) is 0 Å². The van der Waals surface area contributed by atoms with E-state index in [1.807, 2.05) is 19.9 Å². The van der Waals surface area contributed by atoms with E-state index >= 15 is 0 Å². The largest absolute Gasteiger partial charge is 0.352 e. The minimum atomic E-state index is -0.498. The smallest absolute Gasteiger partial charge is 0.237 e. The zero-order valence-electron chi connectivity index (χ0n) is 10.2. The molecule has 0 fully saturated rings. The van der Waals surface area contributed by atoms with E-state index in [4.69, 9.17) is 5.26 Å². The van der Waals surface area contributed by atoms with E-state index in [2.05, 4.69) is 19.2 Å². The number of carbonyl (C=O) groups is 1. The van der Waals surface area contributed by atoms with Gasteiger partial charge in [0.05, 0.1) is 6.07 Å². The minimum Gasteiger partial charge on any atom is -0.352 e. The number of amides is 1. The van der Waals surface area contributed by atoms with E-state index in [0.717, 1.165) is 12.8 Å². The lowest BCUT2D eigenvalue weighted by Crippen LogP contribution is -2.40. The second-order valence-corrected chi connectivity index (χ2v) is 3.96. The van der Waals surface area contributed by atoms with Crippen LogP contribution in [0.25, 0.3) is 0 Å². The van der Waals surface area contributed by atoms with Crippen molar-refractivity contribution in [2.45, 2.75) is 53.0 Å². The summed E-state index contributed by atoms with van der Waals surface area (Å²) in [6.45, 7) is 8.12. The molecule has 0 aliphatic heterocycles. The number of hydrogen-bond acceptors (Lipinski definition) is 2. The summed E-state index contributed by atoms with van der Waals surface area (Å²) in [7, 11) is 0. The lowest BCUT2D eigenvalue weighted by atomic mass is 9.95. The molecular weight excluding hydrogens is 188 g/mol. The molecule has 0 aromatic heterocycles. The highest BCUT2D eigenvalue weighted by Crippen LogP contribution is 2.13. The Hall–Kier alpha value is -1.04. The molecule has 0 saturated carbocycles. The average molecular weight is 210 g/mol. The quantitative estimate of drug-likeness (QED) is 0.732. The first kappa shape index (κ1) is 14.0. The summed E-state index contributed by atoms with van der Waals surface area (Å²) < 4.78 is 0. The first-order chi connectivity index (χ1) is 7.10. The number of nitrogens with one attached hydrogen (secondary N) is 1.